The van der Waals surface area contributed by atoms with E-state index in [1.54, 1.807) is 12.1 Å². The minimum absolute atomic E-state index is 0.154. The molecular weight excluding hydrogens is 288 g/mol. The van der Waals surface area contributed by atoms with Crippen LogP contribution in [-0.4, -0.2) is 17.7 Å². The second-order valence-electron chi connectivity index (χ2n) is 4.60. The fraction of sp³-hybridized carbons (Fsp3) is 0.188. The minimum atomic E-state index is -0.420. The predicted molar refractivity (Wildman–Crippen MR) is 83.1 cm³/mol. The van der Waals surface area contributed by atoms with Crippen molar-refractivity contribution in [3.05, 3.63) is 70.7 Å². The molecule has 0 heterocycles. The van der Waals surface area contributed by atoms with Crippen molar-refractivity contribution in [3.63, 3.8) is 0 Å². The van der Waals surface area contributed by atoms with Crippen LogP contribution in [0.3, 0.4) is 0 Å². The second kappa shape index (κ2) is 7.67. The van der Waals surface area contributed by atoms with Crippen molar-refractivity contribution >= 4 is 17.6 Å². The third-order valence-corrected chi connectivity index (χ3v) is 3.31. The number of rotatable bonds is 5. The van der Waals surface area contributed by atoms with Gasteiger partial charge >= 0.3 is 6.03 Å². The summed E-state index contributed by atoms with van der Waals surface area (Å²) >= 11 is 5.80. The average Bonchev–Trinajstić information content (AvgIpc) is 2.53. The van der Waals surface area contributed by atoms with E-state index in [9.17, 15) is 9.90 Å². The molecule has 1 unspecified atom stereocenters. The van der Waals surface area contributed by atoms with Gasteiger partial charge in [-0.3, -0.25) is 0 Å². The smallest absolute Gasteiger partial charge is 0.315 e. The molecule has 0 bridgehead atoms. The highest BCUT2D eigenvalue weighted by molar-refractivity contribution is 6.30. The maximum atomic E-state index is 11.9. The highest BCUT2D eigenvalue weighted by atomic mass is 35.5. The lowest BCUT2D eigenvalue weighted by molar-refractivity contribution is 0.216. The van der Waals surface area contributed by atoms with E-state index in [0.717, 1.165) is 11.1 Å². The van der Waals surface area contributed by atoms with Gasteiger partial charge in [-0.05, 0) is 23.3 Å². The largest absolute Gasteiger partial charge is 0.394 e. The zero-order valence-electron chi connectivity index (χ0n) is 11.4. The molecule has 0 fully saturated rings. The van der Waals surface area contributed by atoms with Gasteiger partial charge in [0.05, 0.1) is 12.6 Å². The molecule has 0 saturated heterocycles. The molecule has 110 valence electrons. The number of urea groups is 1. The zero-order chi connectivity index (χ0) is 15.1. The Kier molecular flexibility index (Phi) is 5.60. The number of aliphatic hydroxyl groups is 1. The number of hydrogen-bond acceptors (Lipinski definition) is 2. The van der Waals surface area contributed by atoms with Gasteiger partial charge in [-0.2, -0.15) is 0 Å². The Balaban J connectivity index is 1.87. The van der Waals surface area contributed by atoms with Crippen molar-refractivity contribution in [3.8, 4) is 0 Å². The third-order valence-electron chi connectivity index (χ3n) is 3.06. The lowest BCUT2D eigenvalue weighted by atomic mass is 10.1. The molecule has 0 saturated carbocycles. The van der Waals surface area contributed by atoms with E-state index in [1.165, 1.54) is 0 Å². The Morgan fingerprint density at radius 3 is 2.38 bits per heavy atom. The first-order valence-electron chi connectivity index (χ1n) is 6.63. The van der Waals surface area contributed by atoms with Gasteiger partial charge in [0.15, 0.2) is 0 Å². The SMILES string of the molecule is O=C(NCc1ccc(Cl)cc1)NC(CO)c1ccccc1. The lowest BCUT2D eigenvalue weighted by Crippen LogP contribution is -2.38. The highest BCUT2D eigenvalue weighted by Crippen LogP contribution is 2.11. The van der Waals surface area contributed by atoms with Gasteiger partial charge < -0.3 is 15.7 Å². The van der Waals surface area contributed by atoms with E-state index in [4.69, 9.17) is 11.6 Å². The van der Waals surface area contributed by atoms with Gasteiger partial charge in [0.1, 0.15) is 0 Å². The van der Waals surface area contributed by atoms with Crippen LogP contribution in [0.1, 0.15) is 17.2 Å². The molecule has 21 heavy (non-hydrogen) atoms. The lowest BCUT2D eigenvalue weighted by Gasteiger charge is -2.17. The summed E-state index contributed by atoms with van der Waals surface area (Å²) in [6.45, 7) is 0.244. The van der Waals surface area contributed by atoms with Crippen LogP contribution in [0.15, 0.2) is 54.6 Å². The molecular formula is C16H17ClN2O2. The number of hydrogen-bond donors (Lipinski definition) is 3. The molecule has 5 heteroatoms. The maximum Gasteiger partial charge on any atom is 0.315 e. The molecule has 0 aliphatic heterocycles. The number of nitrogens with one attached hydrogen (secondary N) is 2. The molecule has 1 atom stereocenters. The first-order chi connectivity index (χ1) is 10.2. The van der Waals surface area contributed by atoms with E-state index in [0.29, 0.717) is 11.6 Å². The molecule has 3 N–H and O–H groups in total. The summed E-state index contributed by atoms with van der Waals surface area (Å²) in [6, 6.07) is 15.8. The normalized spacial score (nSPS) is 11.7. The van der Waals surface area contributed by atoms with Crippen molar-refractivity contribution in [1.29, 1.82) is 0 Å². The van der Waals surface area contributed by atoms with Gasteiger partial charge in [-0.1, -0.05) is 54.1 Å². The quantitative estimate of drug-likeness (QED) is 0.795. The van der Waals surface area contributed by atoms with E-state index in [1.807, 2.05) is 42.5 Å². The summed E-state index contributed by atoms with van der Waals surface area (Å²) in [5.74, 6) is 0. The maximum absolute atomic E-state index is 11.9. The van der Waals surface area contributed by atoms with Crippen molar-refractivity contribution in [2.75, 3.05) is 6.61 Å². The molecule has 4 nitrogen and oxygen atoms in total. The summed E-state index contributed by atoms with van der Waals surface area (Å²) in [5, 5.41) is 15.5. The molecule has 2 amide bonds. The Hall–Kier alpha value is -2.04. The van der Waals surface area contributed by atoms with Gasteiger partial charge in [0.2, 0.25) is 0 Å². The number of halogens is 1. The van der Waals surface area contributed by atoms with Crippen molar-refractivity contribution in [1.82, 2.24) is 10.6 Å². The van der Waals surface area contributed by atoms with Crippen LogP contribution in [0, 0.1) is 0 Å². The Labute approximate surface area is 128 Å². The van der Waals surface area contributed by atoms with Crippen LogP contribution in [0.25, 0.3) is 0 Å². The summed E-state index contributed by atoms with van der Waals surface area (Å²) < 4.78 is 0. The fourth-order valence-corrected chi connectivity index (χ4v) is 2.04. The van der Waals surface area contributed by atoms with Crippen molar-refractivity contribution < 1.29 is 9.90 Å². The minimum Gasteiger partial charge on any atom is -0.394 e. The monoisotopic (exact) mass is 304 g/mol. The summed E-state index contributed by atoms with van der Waals surface area (Å²) in [4.78, 5) is 11.9. The van der Waals surface area contributed by atoms with Crippen LogP contribution in [0.4, 0.5) is 4.79 Å². The third kappa shape index (κ3) is 4.77. The van der Waals surface area contributed by atoms with Crippen LogP contribution in [0.5, 0.6) is 0 Å². The number of benzene rings is 2. The fourth-order valence-electron chi connectivity index (χ4n) is 1.91. The molecule has 2 aromatic carbocycles. The van der Waals surface area contributed by atoms with E-state index < -0.39 is 6.04 Å². The Morgan fingerprint density at radius 1 is 1.10 bits per heavy atom. The molecule has 0 aliphatic rings. The molecule has 0 aromatic heterocycles. The van der Waals surface area contributed by atoms with Gasteiger partial charge in [0, 0.05) is 11.6 Å². The first-order valence-corrected chi connectivity index (χ1v) is 7.01. The van der Waals surface area contributed by atoms with Crippen LogP contribution >= 0.6 is 11.6 Å². The molecule has 2 rings (SSSR count). The summed E-state index contributed by atoms with van der Waals surface area (Å²) in [6.07, 6.45) is 0. The van der Waals surface area contributed by atoms with Gasteiger partial charge in [-0.15, -0.1) is 0 Å². The number of carbonyl (C=O) groups excluding carboxylic acids is 1. The molecule has 0 spiro atoms. The number of amides is 2. The molecule has 0 aliphatic carbocycles. The van der Waals surface area contributed by atoms with Crippen molar-refractivity contribution in [2.24, 2.45) is 0 Å². The Bertz CT molecular complexity index is 573. The highest BCUT2D eigenvalue weighted by Gasteiger charge is 2.12. The van der Waals surface area contributed by atoms with Crippen LogP contribution in [0.2, 0.25) is 5.02 Å². The zero-order valence-corrected chi connectivity index (χ0v) is 12.2. The van der Waals surface area contributed by atoms with Crippen molar-refractivity contribution in [2.45, 2.75) is 12.6 Å². The summed E-state index contributed by atoms with van der Waals surface area (Å²) in [7, 11) is 0. The average molecular weight is 305 g/mol. The van der Waals surface area contributed by atoms with Crippen LogP contribution in [-0.2, 0) is 6.54 Å². The summed E-state index contributed by atoms with van der Waals surface area (Å²) in [5.41, 5.74) is 1.82. The van der Waals surface area contributed by atoms with E-state index in [-0.39, 0.29) is 12.6 Å². The second-order valence-corrected chi connectivity index (χ2v) is 5.04. The standard InChI is InChI=1S/C16H17ClN2O2/c17-14-8-6-12(7-9-14)10-18-16(21)19-15(11-20)13-4-2-1-3-5-13/h1-9,15,20H,10-11H2,(H2,18,19,21). The van der Waals surface area contributed by atoms with Gasteiger partial charge in [0.25, 0.3) is 0 Å². The van der Waals surface area contributed by atoms with Gasteiger partial charge in [-0.25, -0.2) is 4.79 Å². The van der Waals surface area contributed by atoms with E-state index >= 15 is 0 Å². The predicted octanol–water partition coefficient (Wildman–Crippen LogP) is 2.87. The topological polar surface area (TPSA) is 61.4 Å². The number of carbonyl (C=O) groups is 1. The number of aliphatic hydroxyl groups excluding tert-OH is 1. The Morgan fingerprint density at radius 2 is 1.76 bits per heavy atom. The molecule has 0 radical (unpaired) electrons. The first kappa shape index (κ1) is 15.4. The van der Waals surface area contributed by atoms with Crippen LogP contribution < -0.4 is 10.6 Å². The van der Waals surface area contributed by atoms with E-state index in [2.05, 4.69) is 10.6 Å². The molecule has 2 aromatic rings.